The molecule has 1 unspecified atom stereocenters. The van der Waals surface area contributed by atoms with Crippen LogP contribution in [0.15, 0.2) is 0 Å². The maximum absolute atomic E-state index is 10.1. The standard InChI is InChI=1S/C6H12N2O4/c1-4(8-6(11)12)5(10)2-7-3-9/h3-5,8,10H,2H2,1H3,(H,7,9)(H,11,12)/t4-,5?/m0/s1. The lowest BCUT2D eigenvalue weighted by Crippen LogP contribution is -2.44. The number of rotatable bonds is 5. The minimum Gasteiger partial charge on any atom is -0.465 e. The maximum Gasteiger partial charge on any atom is 0.404 e. The summed E-state index contributed by atoms with van der Waals surface area (Å²) in [7, 11) is 0. The second-order valence-corrected chi connectivity index (χ2v) is 2.33. The van der Waals surface area contributed by atoms with Gasteiger partial charge in [-0.25, -0.2) is 4.79 Å². The summed E-state index contributed by atoms with van der Waals surface area (Å²) in [5, 5.41) is 21.7. The molecule has 0 saturated carbocycles. The molecule has 0 heterocycles. The zero-order valence-electron chi connectivity index (χ0n) is 6.65. The quantitative estimate of drug-likeness (QED) is 0.393. The largest absolute Gasteiger partial charge is 0.465 e. The fourth-order valence-electron chi connectivity index (χ4n) is 0.637. The highest BCUT2D eigenvalue weighted by molar-refractivity contribution is 5.64. The van der Waals surface area contributed by atoms with Crippen LogP contribution in [0.25, 0.3) is 0 Å². The number of hydrogen-bond acceptors (Lipinski definition) is 3. The number of carbonyl (C=O) groups excluding carboxylic acids is 1. The van der Waals surface area contributed by atoms with Crippen LogP contribution in [0.1, 0.15) is 6.92 Å². The Balaban J connectivity index is 3.67. The molecule has 0 aromatic heterocycles. The van der Waals surface area contributed by atoms with E-state index in [0.717, 1.165) is 0 Å². The highest BCUT2D eigenvalue weighted by atomic mass is 16.4. The first-order chi connectivity index (χ1) is 5.57. The van der Waals surface area contributed by atoms with E-state index in [1.807, 2.05) is 0 Å². The van der Waals surface area contributed by atoms with Crippen molar-refractivity contribution in [2.24, 2.45) is 0 Å². The Morgan fingerprint density at radius 3 is 2.67 bits per heavy atom. The van der Waals surface area contributed by atoms with Crippen LogP contribution in [0.3, 0.4) is 0 Å². The van der Waals surface area contributed by atoms with E-state index in [2.05, 4.69) is 10.6 Å². The van der Waals surface area contributed by atoms with Gasteiger partial charge in [0.2, 0.25) is 6.41 Å². The molecule has 6 nitrogen and oxygen atoms in total. The molecule has 70 valence electrons. The van der Waals surface area contributed by atoms with Crippen LogP contribution in [0.4, 0.5) is 4.79 Å². The minimum absolute atomic E-state index is 0.0327. The van der Waals surface area contributed by atoms with Gasteiger partial charge in [-0.2, -0.15) is 0 Å². The second-order valence-electron chi connectivity index (χ2n) is 2.33. The van der Waals surface area contributed by atoms with Gasteiger partial charge in [-0.15, -0.1) is 0 Å². The number of aliphatic hydroxyl groups is 1. The number of hydrogen-bond donors (Lipinski definition) is 4. The molecule has 6 heteroatoms. The Kier molecular flexibility index (Phi) is 4.78. The average molecular weight is 176 g/mol. The van der Waals surface area contributed by atoms with Crippen LogP contribution in [0.2, 0.25) is 0 Å². The normalized spacial score (nSPS) is 14.5. The fraction of sp³-hybridized carbons (Fsp3) is 0.667. The molecule has 0 aliphatic carbocycles. The molecule has 0 spiro atoms. The molecule has 2 amide bonds. The van der Waals surface area contributed by atoms with Gasteiger partial charge in [0, 0.05) is 6.54 Å². The van der Waals surface area contributed by atoms with Gasteiger partial charge in [0.05, 0.1) is 12.1 Å². The van der Waals surface area contributed by atoms with Crippen LogP contribution < -0.4 is 10.6 Å². The highest BCUT2D eigenvalue weighted by Gasteiger charge is 2.14. The van der Waals surface area contributed by atoms with Gasteiger partial charge in [0.25, 0.3) is 0 Å². The zero-order chi connectivity index (χ0) is 9.56. The van der Waals surface area contributed by atoms with Crippen LogP contribution in [-0.4, -0.2) is 41.4 Å². The van der Waals surface area contributed by atoms with E-state index < -0.39 is 18.2 Å². The molecule has 4 N–H and O–H groups in total. The second kappa shape index (κ2) is 5.36. The molecule has 0 aliphatic rings. The van der Waals surface area contributed by atoms with Gasteiger partial charge in [-0.05, 0) is 6.92 Å². The summed E-state index contributed by atoms with van der Waals surface area (Å²) in [5.41, 5.74) is 0. The van der Waals surface area contributed by atoms with Gasteiger partial charge >= 0.3 is 6.09 Å². The lowest BCUT2D eigenvalue weighted by molar-refractivity contribution is -0.110. The first kappa shape index (κ1) is 10.7. The molecular formula is C6H12N2O4. The molecule has 0 fully saturated rings. The van der Waals surface area contributed by atoms with Crippen molar-refractivity contribution >= 4 is 12.5 Å². The van der Waals surface area contributed by atoms with Crippen molar-refractivity contribution in [3.8, 4) is 0 Å². The van der Waals surface area contributed by atoms with E-state index in [9.17, 15) is 9.59 Å². The van der Waals surface area contributed by atoms with Gasteiger partial charge in [-0.3, -0.25) is 4.79 Å². The molecule has 0 rings (SSSR count). The van der Waals surface area contributed by atoms with E-state index in [1.165, 1.54) is 6.92 Å². The van der Waals surface area contributed by atoms with Gasteiger partial charge in [0.15, 0.2) is 0 Å². The van der Waals surface area contributed by atoms with Crippen molar-refractivity contribution in [2.45, 2.75) is 19.1 Å². The number of aliphatic hydroxyl groups excluding tert-OH is 1. The summed E-state index contributed by atoms with van der Waals surface area (Å²) in [6.45, 7) is 1.54. The SMILES string of the molecule is C[C@H](NC(=O)O)C(O)CNC=O. The molecule has 12 heavy (non-hydrogen) atoms. The fourth-order valence-corrected chi connectivity index (χ4v) is 0.637. The Bertz CT molecular complexity index is 162. The average Bonchev–Trinajstić information content (AvgIpc) is 1.98. The Labute approximate surface area is 69.6 Å². The summed E-state index contributed by atoms with van der Waals surface area (Å²) < 4.78 is 0. The molecule has 0 aliphatic heterocycles. The van der Waals surface area contributed by atoms with E-state index >= 15 is 0 Å². The van der Waals surface area contributed by atoms with E-state index in [-0.39, 0.29) is 6.54 Å². The summed E-state index contributed by atoms with van der Waals surface area (Å²) >= 11 is 0. The molecule has 0 saturated heterocycles. The molecule has 0 bridgehead atoms. The monoisotopic (exact) mass is 176 g/mol. The van der Waals surface area contributed by atoms with Gasteiger partial charge in [0.1, 0.15) is 0 Å². The Hall–Kier alpha value is -1.30. The highest BCUT2D eigenvalue weighted by Crippen LogP contribution is 1.90. The van der Waals surface area contributed by atoms with E-state index in [4.69, 9.17) is 10.2 Å². The van der Waals surface area contributed by atoms with Crippen molar-refractivity contribution in [2.75, 3.05) is 6.54 Å². The predicted molar refractivity (Wildman–Crippen MR) is 40.7 cm³/mol. The molecule has 2 atom stereocenters. The van der Waals surface area contributed by atoms with Crippen molar-refractivity contribution in [3.63, 3.8) is 0 Å². The first-order valence-electron chi connectivity index (χ1n) is 3.42. The van der Waals surface area contributed by atoms with Crippen LogP contribution >= 0.6 is 0 Å². The third-order valence-electron chi connectivity index (χ3n) is 1.34. The van der Waals surface area contributed by atoms with Crippen molar-refractivity contribution < 1.29 is 19.8 Å². The lowest BCUT2D eigenvalue weighted by atomic mass is 10.2. The van der Waals surface area contributed by atoms with Crippen molar-refractivity contribution in [1.29, 1.82) is 0 Å². The Morgan fingerprint density at radius 1 is 1.67 bits per heavy atom. The number of amides is 2. The summed E-state index contributed by atoms with van der Waals surface area (Å²) in [5.74, 6) is 0. The smallest absolute Gasteiger partial charge is 0.404 e. The van der Waals surface area contributed by atoms with Crippen LogP contribution in [0, 0.1) is 0 Å². The van der Waals surface area contributed by atoms with Gasteiger partial charge < -0.3 is 20.8 Å². The molecule has 0 aromatic rings. The molecule has 0 radical (unpaired) electrons. The lowest BCUT2D eigenvalue weighted by Gasteiger charge is -2.17. The Morgan fingerprint density at radius 2 is 2.25 bits per heavy atom. The topological polar surface area (TPSA) is 98.7 Å². The molecule has 0 aromatic carbocycles. The summed E-state index contributed by atoms with van der Waals surface area (Å²) in [6, 6.07) is -0.602. The zero-order valence-corrected chi connectivity index (χ0v) is 6.65. The van der Waals surface area contributed by atoms with Crippen LogP contribution in [-0.2, 0) is 4.79 Å². The number of nitrogens with one attached hydrogen (secondary N) is 2. The predicted octanol–water partition coefficient (Wildman–Crippen LogP) is -1.25. The van der Waals surface area contributed by atoms with E-state index in [0.29, 0.717) is 6.41 Å². The third-order valence-corrected chi connectivity index (χ3v) is 1.34. The third kappa shape index (κ3) is 4.51. The summed E-state index contributed by atoms with van der Waals surface area (Å²) in [6.07, 6.45) is -1.67. The molecular weight excluding hydrogens is 164 g/mol. The van der Waals surface area contributed by atoms with Gasteiger partial charge in [-0.1, -0.05) is 0 Å². The maximum atomic E-state index is 10.1. The van der Waals surface area contributed by atoms with E-state index in [1.54, 1.807) is 0 Å². The number of carboxylic acid groups (broad SMARTS) is 1. The first-order valence-corrected chi connectivity index (χ1v) is 3.42. The van der Waals surface area contributed by atoms with Crippen LogP contribution in [0.5, 0.6) is 0 Å². The van der Waals surface area contributed by atoms with Crippen molar-refractivity contribution in [3.05, 3.63) is 0 Å². The van der Waals surface area contributed by atoms with Crippen molar-refractivity contribution in [1.82, 2.24) is 10.6 Å². The summed E-state index contributed by atoms with van der Waals surface area (Å²) in [4.78, 5) is 19.9. The number of carbonyl (C=O) groups is 2. The minimum atomic E-state index is -1.20.